The summed E-state index contributed by atoms with van der Waals surface area (Å²) < 4.78 is 5.10. The molecule has 0 saturated carbocycles. The van der Waals surface area contributed by atoms with Crippen molar-refractivity contribution in [1.29, 1.82) is 0 Å². The van der Waals surface area contributed by atoms with E-state index < -0.39 is 5.41 Å². The smallest absolute Gasteiger partial charge is 0.0725 e. The third-order valence-electron chi connectivity index (χ3n) is 13.8. The summed E-state index contributed by atoms with van der Waals surface area (Å²) in [7, 11) is 0. The van der Waals surface area contributed by atoms with Crippen LogP contribution in [0.3, 0.4) is 0 Å². The standard InChI is InChI=1S/C59H36N2S/c1-2-15-37(16-3-1)60(39-29-31-44-43-20-7-12-27-53(43)61(55(44)36-39)38-30-34-57-48(35-38)45-21-8-13-28-56(45)62-57)54-33-32-46-42-19-6-11-25-51(42)59(52-26-14-22-47(54)58(46)52)49-23-9-4-17-40(49)41-18-5-10-24-50(41)59/h1-36H. The van der Waals surface area contributed by atoms with Gasteiger partial charge in [0, 0.05) is 53.4 Å². The third kappa shape index (κ3) is 4.42. The molecule has 2 aliphatic rings. The highest BCUT2D eigenvalue weighted by molar-refractivity contribution is 7.25. The fourth-order valence-corrected chi connectivity index (χ4v) is 12.4. The molecule has 0 saturated heterocycles. The minimum absolute atomic E-state index is 0.457. The monoisotopic (exact) mass is 804 g/mol. The zero-order chi connectivity index (χ0) is 40.5. The van der Waals surface area contributed by atoms with Crippen LogP contribution in [-0.4, -0.2) is 4.57 Å². The van der Waals surface area contributed by atoms with Crippen LogP contribution in [0.15, 0.2) is 218 Å². The molecule has 0 bridgehead atoms. The van der Waals surface area contributed by atoms with E-state index in [4.69, 9.17) is 0 Å². The summed E-state index contributed by atoms with van der Waals surface area (Å²) in [5, 5.41) is 7.63. The van der Waals surface area contributed by atoms with Gasteiger partial charge in [0.25, 0.3) is 0 Å². The zero-order valence-corrected chi connectivity index (χ0v) is 34.4. The number of rotatable bonds is 4. The number of thiophene rings is 1. The first-order valence-electron chi connectivity index (χ1n) is 21.4. The van der Waals surface area contributed by atoms with Crippen molar-refractivity contribution in [2.45, 2.75) is 5.41 Å². The Balaban J connectivity index is 1.05. The first-order valence-corrected chi connectivity index (χ1v) is 22.2. The van der Waals surface area contributed by atoms with E-state index in [1.165, 1.54) is 103 Å². The Hall–Kier alpha value is -7.72. The second kappa shape index (κ2) is 12.7. The SMILES string of the molecule is c1ccc(N(c2ccc3c4ccccc4n(-c4ccc5sc6ccccc6c5c4)c3c2)c2ccc3c4c(cccc24)C2(c4ccccc4-c4ccccc42)c2ccccc2-3)cc1. The largest absolute Gasteiger partial charge is 0.310 e. The molecule has 1 spiro atoms. The highest BCUT2D eigenvalue weighted by atomic mass is 32.1. The number of anilines is 3. The molecule has 0 amide bonds. The van der Waals surface area contributed by atoms with Crippen molar-refractivity contribution in [1.82, 2.24) is 4.57 Å². The summed E-state index contributed by atoms with van der Waals surface area (Å²) in [6.45, 7) is 0. The van der Waals surface area contributed by atoms with E-state index in [-0.39, 0.29) is 0 Å². The van der Waals surface area contributed by atoms with Crippen molar-refractivity contribution in [2.24, 2.45) is 0 Å². The number of hydrogen-bond donors (Lipinski definition) is 0. The maximum atomic E-state index is 2.48. The van der Waals surface area contributed by atoms with Crippen LogP contribution in [0.1, 0.15) is 22.3 Å². The average Bonchev–Trinajstić information content (AvgIpc) is 3.97. The fraction of sp³-hybridized carbons (Fsp3) is 0.0169. The summed E-state index contributed by atoms with van der Waals surface area (Å²) in [5.74, 6) is 0. The highest BCUT2D eigenvalue weighted by Gasteiger charge is 2.50. The Labute approximate surface area is 362 Å². The average molecular weight is 805 g/mol. The summed E-state index contributed by atoms with van der Waals surface area (Å²) in [6.07, 6.45) is 0. The van der Waals surface area contributed by atoms with Gasteiger partial charge in [0.05, 0.1) is 22.1 Å². The van der Waals surface area contributed by atoms with E-state index in [1.807, 2.05) is 11.3 Å². The van der Waals surface area contributed by atoms with Gasteiger partial charge in [-0.1, -0.05) is 158 Å². The second-order valence-electron chi connectivity index (χ2n) is 16.8. The number of aromatic nitrogens is 1. The molecule has 3 heteroatoms. The van der Waals surface area contributed by atoms with Crippen LogP contribution >= 0.6 is 11.3 Å². The molecule has 0 N–H and O–H groups in total. The lowest BCUT2D eigenvalue weighted by atomic mass is 9.61. The summed E-state index contributed by atoms with van der Waals surface area (Å²) >= 11 is 1.86. The maximum Gasteiger partial charge on any atom is 0.0725 e. The summed E-state index contributed by atoms with van der Waals surface area (Å²) in [6, 6.07) is 81.6. The van der Waals surface area contributed by atoms with Gasteiger partial charge in [-0.2, -0.15) is 0 Å². The van der Waals surface area contributed by atoms with E-state index in [0.717, 1.165) is 17.1 Å². The van der Waals surface area contributed by atoms with Gasteiger partial charge in [0.1, 0.15) is 0 Å². The molecule has 12 aromatic rings. The van der Waals surface area contributed by atoms with Crippen molar-refractivity contribution in [3.63, 3.8) is 0 Å². The van der Waals surface area contributed by atoms with Gasteiger partial charge in [-0.25, -0.2) is 0 Å². The van der Waals surface area contributed by atoms with Gasteiger partial charge in [0.15, 0.2) is 0 Å². The molecule has 2 nitrogen and oxygen atoms in total. The molecular formula is C59H36N2S. The maximum absolute atomic E-state index is 2.48. The molecular weight excluding hydrogens is 769 g/mol. The predicted molar refractivity (Wildman–Crippen MR) is 262 cm³/mol. The summed E-state index contributed by atoms with van der Waals surface area (Å²) in [5.41, 5.74) is 17.1. The van der Waals surface area contributed by atoms with Gasteiger partial charge in [0.2, 0.25) is 0 Å². The van der Waals surface area contributed by atoms with Gasteiger partial charge in [-0.05, 0) is 111 Å². The first-order chi connectivity index (χ1) is 30.8. The Morgan fingerprint density at radius 3 is 1.73 bits per heavy atom. The first kappa shape index (κ1) is 34.0. The van der Waals surface area contributed by atoms with Crippen LogP contribution in [0.5, 0.6) is 0 Å². The van der Waals surface area contributed by atoms with Crippen molar-refractivity contribution in [3.05, 3.63) is 241 Å². The molecule has 2 heterocycles. The third-order valence-corrected chi connectivity index (χ3v) is 14.9. The number of nitrogens with zero attached hydrogens (tertiary/aromatic N) is 2. The minimum Gasteiger partial charge on any atom is -0.310 e. The molecule has 2 aromatic heterocycles. The topological polar surface area (TPSA) is 8.17 Å². The van der Waals surface area contributed by atoms with Gasteiger partial charge < -0.3 is 9.47 Å². The molecule has 10 aromatic carbocycles. The van der Waals surface area contributed by atoms with E-state index in [0.29, 0.717) is 0 Å². The molecule has 0 unspecified atom stereocenters. The van der Waals surface area contributed by atoms with E-state index in [1.54, 1.807) is 0 Å². The van der Waals surface area contributed by atoms with Crippen molar-refractivity contribution >= 4 is 81.1 Å². The number of fused-ring (bicyclic) bond motifs is 15. The minimum atomic E-state index is -0.457. The van der Waals surface area contributed by atoms with Crippen LogP contribution in [-0.2, 0) is 5.41 Å². The van der Waals surface area contributed by atoms with Gasteiger partial charge >= 0.3 is 0 Å². The molecule has 288 valence electrons. The Morgan fingerprint density at radius 2 is 0.952 bits per heavy atom. The molecule has 0 fully saturated rings. The number of hydrogen-bond acceptors (Lipinski definition) is 2. The lowest BCUT2D eigenvalue weighted by Gasteiger charge is -2.40. The molecule has 0 atom stereocenters. The molecule has 0 aliphatic heterocycles. The number of para-hydroxylation sites is 2. The van der Waals surface area contributed by atoms with Crippen molar-refractivity contribution in [3.8, 4) is 27.9 Å². The highest BCUT2D eigenvalue weighted by Crippen LogP contribution is 2.62. The second-order valence-corrected chi connectivity index (χ2v) is 17.8. The van der Waals surface area contributed by atoms with Gasteiger partial charge in [-0.3, -0.25) is 0 Å². The van der Waals surface area contributed by atoms with E-state index in [2.05, 4.69) is 228 Å². The van der Waals surface area contributed by atoms with Crippen LogP contribution in [0.4, 0.5) is 17.1 Å². The van der Waals surface area contributed by atoms with Crippen molar-refractivity contribution in [2.75, 3.05) is 4.90 Å². The molecule has 0 radical (unpaired) electrons. The Morgan fingerprint density at radius 1 is 0.355 bits per heavy atom. The predicted octanol–water partition coefficient (Wildman–Crippen LogP) is 16.1. The van der Waals surface area contributed by atoms with Crippen LogP contribution < -0.4 is 4.90 Å². The molecule has 14 rings (SSSR count). The van der Waals surface area contributed by atoms with Crippen molar-refractivity contribution < 1.29 is 0 Å². The Kier molecular flexibility index (Phi) is 6.95. The zero-order valence-electron chi connectivity index (χ0n) is 33.6. The normalized spacial score (nSPS) is 13.3. The fourth-order valence-electron chi connectivity index (χ4n) is 11.4. The van der Waals surface area contributed by atoms with Crippen LogP contribution in [0.2, 0.25) is 0 Å². The van der Waals surface area contributed by atoms with E-state index in [9.17, 15) is 0 Å². The lowest BCUT2D eigenvalue weighted by molar-refractivity contribution is 0.773. The number of benzene rings is 10. The van der Waals surface area contributed by atoms with Gasteiger partial charge in [-0.15, -0.1) is 11.3 Å². The molecule has 2 aliphatic carbocycles. The van der Waals surface area contributed by atoms with Crippen LogP contribution in [0, 0.1) is 0 Å². The summed E-state index contributed by atoms with van der Waals surface area (Å²) in [4.78, 5) is 2.48. The van der Waals surface area contributed by atoms with Crippen LogP contribution in [0.25, 0.3) is 80.7 Å². The Bertz CT molecular complexity index is 3790. The lowest BCUT2D eigenvalue weighted by Crippen LogP contribution is -2.31. The van der Waals surface area contributed by atoms with E-state index >= 15 is 0 Å². The molecule has 62 heavy (non-hydrogen) atoms. The quantitative estimate of drug-likeness (QED) is 0.172.